The molecule has 0 N–H and O–H groups in total. The van der Waals surface area contributed by atoms with Gasteiger partial charge in [0, 0.05) is 24.0 Å². The Hall–Kier alpha value is -1.77. The van der Waals surface area contributed by atoms with Crippen molar-refractivity contribution in [1.29, 1.82) is 0 Å². The Balaban J connectivity index is 3.08. The number of carbonyl (C=O) groups is 1. The molecule has 194 valence electrons. The molecule has 3 nitrogen and oxygen atoms in total. The summed E-state index contributed by atoms with van der Waals surface area (Å²) in [5, 5.41) is 0. The number of Topliss-reactive ketones (excluding diaryl/α,β-unsaturated/α-hetero) is 1. The standard InChI is InChI=1S/C31H52O3/c1-12-13-14-15-16-17-18-25(32)20-19-24-21-26(29(3,4)5)28(27(22-24)30(6,7)8)33-23(2)34-31(9,10)11/h21-22H,2,12-20H2,1,3-11H3. The topological polar surface area (TPSA) is 35.5 Å². The van der Waals surface area contributed by atoms with E-state index in [1.807, 2.05) is 20.8 Å². The van der Waals surface area contributed by atoms with Crippen molar-refractivity contribution in [3.63, 3.8) is 0 Å². The van der Waals surface area contributed by atoms with Crippen LogP contribution in [0.5, 0.6) is 5.75 Å². The number of ketones is 1. The fourth-order valence-electron chi connectivity index (χ4n) is 4.04. The Bertz CT molecular complexity index is 762. The van der Waals surface area contributed by atoms with E-state index >= 15 is 0 Å². The van der Waals surface area contributed by atoms with Gasteiger partial charge in [-0.25, -0.2) is 0 Å². The maximum absolute atomic E-state index is 12.6. The second-order valence-electron chi connectivity index (χ2n) is 12.8. The quantitative estimate of drug-likeness (QED) is 0.212. The van der Waals surface area contributed by atoms with Crippen LogP contribution in [0.2, 0.25) is 0 Å². The maximum Gasteiger partial charge on any atom is 0.277 e. The molecule has 0 aromatic heterocycles. The first-order valence-corrected chi connectivity index (χ1v) is 13.3. The molecule has 1 aromatic rings. The van der Waals surface area contributed by atoms with Crippen molar-refractivity contribution in [2.24, 2.45) is 0 Å². The summed E-state index contributed by atoms with van der Waals surface area (Å²) in [6.07, 6.45) is 9.35. The molecule has 0 aliphatic heterocycles. The highest BCUT2D eigenvalue weighted by atomic mass is 16.7. The molecule has 0 atom stereocenters. The van der Waals surface area contributed by atoms with Crippen LogP contribution >= 0.6 is 0 Å². The smallest absolute Gasteiger partial charge is 0.277 e. The Morgan fingerprint density at radius 1 is 0.794 bits per heavy atom. The Morgan fingerprint density at radius 3 is 1.76 bits per heavy atom. The highest BCUT2D eigenvalue weighted by Crippen LogP contribution is 2.42. The van der Waals surface area contributed by atoms with Crippen LogP contribution < -0.4 is 4.74 Å². The molecule has 0 spiro atoms. The summed E-state index contributed by atoms with van der Waals surface area (Å²) in [6.45, 7) is 25.4. The lowest BCUT2D eigenvalue weighted by atomic mass is 9.78. The third-order valence-electron chi connectivity index (χ3n) is 5.90. The highest BCUT2D eigenvalue weighted by Gasteiger charge is 2.29. The van der Waals surface area contributed by atoms with Crippen LogP contribution in [-0.2, 0) is 26.8 Å². The summed E-state index contributed by atoms with van der Waals surface area (Å²) >= 11 is 0. The number of rotatable bonds is 13. The van der Waals surface area contributed by atoms with E-state index in [0.29, 0.717) is 24.6 Å². The first-order chi connectivity index (χ1) is 15.5. The molecule has 1 aromatic carbocycles. The van der Waals surface area contributed by atoms with E-state index < -0.39 is 0 Å². The molecule has 0 aliphatic rings. The van der Waals surface area contributed by atoms with E-state index in [2.05, 4.69) is 67.2 Å². The number of benzene rings is 1. The largest absolute Gasteiger partial charge is 0.460 e. The molecule has 0 heterocycles. The molecular weight excluding hydrogens is 420 g/mol. The van der Waals surface area contributed by atoms with E-state index in [4.69, 9.17) is 9.47 Å². The predicted molar refractivity (Wildman–Crippen MR) is 146 cm³/mol. The SMILES string of the molecule is C=C(Oc1c(C(C)(C)C)cc(CCC(=O)CCCCCCCC)cc1C(C)(C)C)OC(C)(C)C. The molecule has 0 saturated carbocycles. The molecule has 0 aliphatic carbocycles. The lowest BCUT2D eigenvalue weighted by molar-refractivity contribution is -0.119. The predicted octanol–water partition coefficient (Wildman–Crippen LogP) is 9.20. The van der Waals surface area contributed by atoms with Gasteiger partial charge in [0.25, 0.3) is 5.95 Å². The average Bonchev–Trinajstić information content (AvgIpc) is 2.66. The van der Waals surface area contributed by atoms with Crippen LogP contribution in [0.3, 0.4) is 0 Å². The molecule has 1 rings (SSSR count). The molecule has 3 heteroatoms. The number of hydrogen-bond donors (Lipinski definition) is 0. The minimum atomic E-state index is -0.378. The van der Waals surface area contributed by atoms with Gasteiger partial charge in [0.2, 0.25) is 0 Å². The van der Waals surface area contributed by atoms with Crippen LogP contribution in [-0.4, -0.2) is 11.4 Å². The third kappa shape index (κ3) is 11.1. The van der Waals surface area contributed by atoms with E-state index in [0.717, 1.165) is 29.7 Å². The van der Waals surface area contributed by atoms with Gasteiger partial charge in [0.05, 0.1) is 0 Å². The van der Waals surface area contributed by atoms with Crippen LogP contribution in [0.1, 0.15) is 137 Å². The van der Waals surface area contributed by atoms with Crippen LogP contribution in [0.4, 0.5) is 0 Å². The van der Waals surface area contributed by atoms with E-state index in [1.165, 1.54) is 37.7 Å². The molecular formula is C31H52O3. The van der Waals surface area contributed by atoms with E-state index in [-0.39, 0.29) is 16.4 Å². The third-order valence-corrected chi connectivity index (χ3v) is 5.90. The minimum Gasteiger partial charge on any atom is -0.460 e. The number of ether oxygens (including phenoxy) is 2. The average molecular weight is 473 g/mol. The van der Waals surface area contributed by atoms with Crippen molar-refractivity contribution in [2.45, 2.75) is 143 Å². The van der Waals surface area contributed by atoms with Gasteiger partial charge in [0.1, 0.15) is 17.1 Å². The van der Waals surface area contributed by atoms with Gasteiger partial charge in [-0.05, 0) is 56.6 Å². The van der Waals surface area contributed by atoms with Crippen molar-refractivity contribution in [1.82, 2.24) is 0 Å². The van der Waals surface area contributed by atoms with E-state index in [9.17, 15) is 4.79 Å². The zero-order chi connectivity index (χ0) is 26.2. The molecule has 0 amide bonds. The van der Waals surface area contributed by atoms with Crippen LogP contribution in [0.15, 0.2) is 24.7 Å². The van der Waals surface area contributed by atoms with Gasteiger partial charge in [0.15, 0.2) is 0 Å². The van der Waals surface area contributed by atoms with Crippen LogP contribution in [0, 0.1) is 0 Å². The summed E-state index contributed by atoms with van der Waals surface area (Å²) in [5.41, 5.74) is 2.80. The molecule has 34 heavy (non-hydrogen) atoms. The first kappa shape index (κ1) is 30.3. The van der Waals surface area contributed by atoms with Crippen LogP contribution in [0.25, 0.3) is 0 Å². The normalized spacial score (nSPS) is 12.5. The van der Waals surface area contributed by atoms with Gasteiger partial charge in [-0.1, -0.05) is 92.7 Å². The van der Waals surface area contributed by atoms with Gasteiger partial charge < -0.3 is 9.47 Å². The Morgan fingerprint density at radius 2 is 1.29 bits per heavy atom. The minimum absolute atomic E-state index is 0.129. The number of unbranched alkanes of at least 4 members (excludes halogenated alkanes) is 5. The van der Waals surface area contributed by atoms with Gasteiger partial charge in [-0.15, -0.1) is 0 Å². The van der Waals surface area contributed by atoms with E-state index in [1.54, 1.807) is 0 Å². The maximum atomic E-state index is 12.6. The molecule has 0 bridgehead atoms. The number of aryl methyl sites for hydroxylation is 1. The Labute approximate surface area is 210 Å². The summed E-state index contributed by atoms with van der Waals surface area (Å²) < 4.78 is 12.2. The second kappa shape index (κ2) is 12.8. The second-order valence-corrected chi connectivity index (χ2v) is 12.8. The van der Waals surface area contributed by atoms with Crippen molar-refractivity contribution in [2.75, 3.05) is 0 Å². The highest BCUT2D eigenvalue weighted by molar-refractivity contribution is 5.78. The molecule has 0 radical (unpaired) electrons. The summed E-state index contributed by atoms with van der Waals surface area (Å²) in [6, 6.07) is 4.43. The van der Waals surface area contributed by atoms with Gasteiger partial charge in [-0.3, -0.25) is 4.79 Å². The van der Waals surface area contributed by atoms with Crippen molar-refractivity contribution >= 4 is 5.78 Å². The lowest BCUT2D eigenvalue weighted by Crippen LogP contribution is -2.24. The number of carbonyl (C=O) groups excluding carboxylic acids is 1. The monoisotopic (exact) mass is 472 g/mol. The van der Waals surface area contributed by atoms with Gasteiger partial charge in [-0.2, -0.15) is 0 Å². The lowest BCUT2D eigenvalue weighted by Gasteiger charge is -2.31. The summed E-state index contributed by atoms with van der Waals surface area (Å²) in [5.74, 6) is 1.51. The zero-order valence-corrected chi connectivity index (χ0v) is 24.0. The van der Waals surface area contributed by atoms with Crippen molar-refractivity contribution in [3.05, 3.63) is 41.3 Å². The zero-order valence-electron chi connectivity index (χ0n) is 24.0. The number of hydrogen-bond acceptors (Lipinski definition) is 3. The molecule has 0 fully saturated rings. The van der Waals surface area contributed by atoms with Crippen molar-refractivity contribution in [3.8, 4) is 5.75 Å². The first-order valence-electron chi connectivity index (χ1n) is 13.3. The van der Waals surface area contributed by atoms with Crippen molar-refractivity contribution < 1.29 is 14.3 Å². The fourth-order valence-corrected chi connectivity index (χ4v) is 4.04. The molecule has 0 unspecified atom stereocenters. The summed E-state index contributed by atoms with van der Waals surface area (Å²) in [7, 11) is 0. The Kier molecular flexibility index (Phi) is 11.4. The summed E-state index contributed by atoms with van der Waals surface area (Å²) in [4.78, 5) is 12.6. The fraction of sp³-hybridized carbons (Fsp3) is 0.710. The molecule has 0 saturated heterocycles. The van der Waals surface area contributed by atoms with Gasteiger partial charge >= 0.3 is 0 Å².